The van der Waals surface area contributed by atoms with Gasteiger partial charge in [0.25, 0.3) is 0 Å². The Bertz CT molecular complexity index is 824. The smallest absolute Gasteiger partial charge is 0.220 e. The molecule has 1 aromatic carbocycles. The minimum Gasteiger partial charge on any atom is -0.375 e. The number of ether oxygens (including phenoxy) is 1. The van der Waals surface area contributed by atoms with Crippen molar-refractivity contribution < 1.29 is 9.53 Å². The molecule has 2 fully saturated rings. The number of aromatic nitrogens is 1. The number of piperidine rings is 2. The van der Waals surface area contributed by atoms with E-state index in [-0.39, 0.29) is 18.3 Å². The van der Waals surface area contributed by atoms with E-state index in [4.69, 9.17) is 4.74 Å². The summed E-state index contributed by atoms with van der Waals surface area (Å²) in [6.07, 6.45) is 7.71. The van der Waals surface area contributed by atoms with E-state index in [1.54, 1.807) is 0 Å². The van der Waals surface area contributed by atoms with Crippen molar-refractivity contribution in [3.8, 4) is 0 Å². The fraction of sp³-hybridized carbons (Fsp3) is 0.538. The lowest BCUT2D eigenvalue weighted by atomic mass is 9.79. The van der Waals surface area contributed by atoms with Gasteiger partial charge in [-0.1, -0.05) is 36.4 Å². The summed E-state index contributed by atoms with van der Waals surface area (Å²) in [4.78, 5) is 19.0. The Morgan fingerprint density at radius 1 is 1.15 bits per heavy atom. The highest BCUT2D eigenvalue weighted by molar-refractivity contribution is 5.85. The summed E-state index contributed by atoms with van der Waals surface area (Å²) in [6.45, 7) is 6.08. The van der Waals surface area contributed by atoms with Crippen LogP contribution in [0.1, 0.15) is 36.8 Å². The Morgan fingerprint density at radius 2 is 2.00 bits per heavy atom. The molecule has 0 aliphatic carbocycles. The highest BCUT2D eigenvalue weighted by atomic mass is 35.5. The zero-order valence-electron chi connectivity index (χ0n) is 19.3. The van der Waals surface area contributed by atoms with Crippen molar-refractivity contribution in [1.29, 1.82) is 0 Å². The van der Waals surface area contributed by atoms with E-state index in [0.717, 1.165) is 44.0 Å². The summed E-state index contributed by atoms with van der Waals surface area (Å²) in [7, 11) is 0. The molecule has 6 nitrogen and oxygen atoms in total. The molecule has 2 aliphatic rings. The molecule has 2 N–H and O–H groups in total. The van der Waals surface area contributed by atoms with Crippen LogP contribution in [0.2, 0.25) is 0 Å². The first-order valence-electron chi connectivity index (χ1n) is 12.0. The summed E-state index contributed by atoms with van der Waals surface area (Å²) >= 11 is 0. The Kier molecular flexibility index (Phi) is 10.6. The zero-order chi connectivity index (χ0) is 22.0. The van der Waals surface area contributed by atoms with Gasteiger partial charge >= 0.3 is 0 Å². The maximum absolute atomic E-state index is 12.2. The van der Waals surface area contributed by atoms with Crippen molar-refractivity contribution in [2.45, 2.75) is 44.9 Å². The highest BCUT2D eigenvalue weighted by Gasteiger charge is 2.36. The first-order chi connectivity index (χ1) is 15.8. The third kappa shape index (κ3) is 8.38. The third-order valence-corrected chi connectivity index (χ3v) is 6.61. The predicted octanol–water partition coefficient (Wildman–Crippen LogP) is 3.42. The number of hydrogen-bond donors (Lipinski definition) is 2. The average Bonchev–Trinajstić information content (AvgIpc) is 2.82. The van der Waals surface area contributed by atoms with Gasteiger partial charge in [0.1, 0.15) is 0 Å². The quantitative estimate of drug-likeness (QED) is 0.490. The van der Waals surface area contributed by atoms with Crippen LogP contribution < -0.4 is 10.6 Å². The second-order valence-corrected chi connectivity index (χ2v) is 9.21. The minimum atomic E-state index is 0. The molecule has 33 heavy (non-hydrogen) atoms. The van der Waals surface area contributed by atoms with E-state index >= 15 is 0 Å². The summed E-state index contributed by atoms with van der Waals surface area (Å²) in [6, 6.07) is 14.8. The maximum Gasteiger partial charge on any atom is 0.220 e. The number of benzene rings is 1. The average molecular weight is 473 g/mol. The van der Waals surface area contributed by atoms with E-state index in [1.165, 1.54) is 18.5 Å². The number of rotatable bonds is 11. The van der Waals surface area contributed by atoms with Crippen LogP contribution in [0, 0.1) is 11.8 Å². The molecule has 1 aromatic heterocycles. The van der Waals surface area contributed by atoms with Gasteiger partial charge in [0.15, 0.2) is 0 Å². The number of fused-ring (bicyclic) bond motifs is 2. The van der Waals surface area contributed by atoms with Crippen LogP contribution in [-0.4, -0.2) is 54.6 Å². The number of nitrogens with zero attached hydrogens (tertiary/aromatic N) is 2. The van der Waals surface area contributed by atoms with Gasteiger partial charge in [-0.25, -0.2) is 0 Å². The van der Waals surface area contributed by atoms with E-state index < -0.39 is 0 Å². The number of amides is 1. The van der Waals surface area contributed by atoms with E-state index in [2.05, 4.69) is 26.6 Å². The lowest BCUT2D eigenvalue weighted by Gasteiger charge is -2.46. The molecule has 1 amide bonds. The van der Waals surface area contributed by atoms with Crippen molar-refractivity contribution in [1.82, 2.24) is 20.5 Å². The van der Waals surface area contributed by atoms with Crippen molar-refractivity contribution in [2.75, 3.05) is 32.8 Å². The van der Waals surface area contributed by atoms with Crippen molar-refractivity contribution in [3.63, 3.8) is 0 Å². The number of carbonyl (C=O) groups excluding carboxylic acids is 1. The van der Waals surface area contributed by atoms with Gasteiger partial charge in [0, 0.05) is 51.0 Å². The molecule has 4 rings (SSSR count). The second-order valence-electron chi connectivity index (χ2n) is 9.21. The largest absolute Gasteiger partial charge is 0.375 e. The van der Waals surface area contributed by atoms with Crippen LogP contribution >= 0.6 is 12.4 Å². The molecule has 0 radical (unpaired) electrons. The SMILES string of the molecule is Cl.O=C(CCC[C@H]1NCC2CC1CN(Cc1cccnc1)C2)NCCOCc1ccccc1. The van der Waals surface area contributed by atoms with Gasteiger partial charge in [-0.2, -0.15) is 0 Å². The summed E-state index contributed by atoms with van der Waals surface area (Å²) in [5.74, 6) is 1.54. The molecule has 7 heteroatoms. The van der Waals surface area contributed by atoms with Gasteiger partial charge in [-0.3, -0.25) is 14.7 Å². The van der Waals surface area contributed by atoms with Crippen LogP contribution in [0.5, 0.6) is 0 Å². The normalized spacial score (nSPS) is 22.4. The Morgan fingerprint density at radius 3 is 2.82 bits per heavy atom. The van der Waals surface area contributed by atoms with Crippen molar-refractivity contribution in [2.24, 2.45) is 11.8 Å². The molecule has 0 saturated carbocycles. The molecule has 2 unspecified atom stereocenters. The molecule has 3 atom stereocenters. The summed E-state index contributed by atoms with van der Waals surface area (Å²) in [5, 5.41) is 6.75. The summed E-state index contributed by atoms with van der Waals surface area (Å²) < 4.78 is 5.63. The van der Waals surface area contributed by atoms with Crippen LogP contribution in [0.4, 0.5) is 0 Å². The number of likely N-dealkylation sites (tertiary alicyclic amines) is 1. The molecular weight excluding hydrogens is 436 g/mol. The number of halogens is 1. The van der Waals surface area contributed by atoms with Gasteiger partial charge in [-0.05, 0) is 54.8 Å². The van der Waals surface area contributed by atoms with E-state index in [0.29, 0.717) is 38.1 Å². The molecular formula is C26H37ClN4O2. The van der Waals surface area contributed by atoms with Gasteiger partial charge < -0.3 is 15.4 Å². The predicted molar refractivity (Wildman–Crippen MR) is 133 cm³/mol. The number of hydrogen-bond acceptors (Lipinski definition) is 5. The van der Waals surface area contributed by atoms with Crippen LogP contribution in [0.15, 0.2) is 54.9 Å². The van der Waals surface area contributed by atoms with E-state index in [1.807, 2.05) is 48.8 Å². The monoisotopic (exact) mass is 472 g/mol. The van der Waals surface area contributed by atoms with Gasteiger partial charge in [0.05, 0.1) is 13.2 Å². The standard InChI is InChI=1S/C26H36N4O2.ClH/c31-26(28-12-13-32-20-21-6-2-1-3-7-21)10-4-9-25-24-14-23(16-29-25)18-30(19-24)17-22-8-5-11-27-15-22;/h1-3,5-8,11,15,23-25,29H,4,9-10,12-14,16-20H2,(H,28,31);1H/t23?,24?,25-;/m1./s1. The van der Waals surface area contributed by atoms with Crippen LogP contribution in [0.25, 0.3) is 0 Å². The fourth-order valence-corrected chi connectivity index (χ4v) is 5.09. The molecule has 180 valence electrons. The zero-order valence-corrected chi connectivity index (χ0v) is 20.1. The van der Waals surface area contributed by atoms with Crippen LogP contribution in [-0.2, 0) is 22.7 Å². The molecule has 2 saturated heterocycles. The molecule has 2 bridgehead atoms. The Balaban J connectivity index is 0.00000306. The lowest BCUT2D eigenvalue weighted by Crippen LogP contribution is -2.55. The van der Waals surface area contributed by atoms with Gasteiger partial charge in [-0.15, -0.1) is 12.4 Å². The Labute approximate surface area is 203 Å². The number of carbonyl (C=O) groups is 1. The fourth-order valence-electron chi connectivity index (χ4n) is 5.09. The molecule has 0 spiro atoms. The van der Waals surface area contributed by atoms with Gasteiger partial charge in [0.2, 0.25) is 5.91 Å². The molecule has 2 aromatic rings. The third-order valence-electron chi connectivity index (χ3n) is 6.61. The first kappa shape index (κ1) is 25.6. The van der Waals surface area contributed by atoms with Crippen molar-refractivity contribution in [3.05, 3.63) is 66.0 Å². The maximum atomic E-state index is 12.2. The second kappa shape index (κ2) is 13.7. The lowest BCUT2D eigenvalue weighted by molar-refractivity contribution is -0.121. The van der Waals surface area contributed by atoms with Crippen LogP contribution in [0.3, 0.4) is 0 Å². The first-order valence-corrected chi connectivity index (χ1v) is 12.0. The van der Waals surface area contributed by atoms with E-state index in [9.17, 15) is 4.79 Å². The summed E-state index contributed by atoms with van der Waals surface area (Å²) in [5.41, 5.74) is 2.45. The van der Waals surface area contributed by atoms with Crippen molar-refractivity contribution >= 4 is 18.3 Å². The number of pyridine rings is 1. The minimum absolute atomic E-state index is 0. The topological polar surface area (TPSA) is 66.5 Å². The molecule has 2 aliphatic heterocycles. The number of nitrogens with one attached hydrogen (secondary N) is 2. The molecule has 3 heterocycles. The highest BCUT2D eigenvalue weighted by Crippen LogP contribution is 2.31. The Hall–Kier alpha value is -1.99.